The lowest BCUT2D eigenvalue weighted by Crippen LogP contribution is -2.68. The molecule has 0 unspecified atom stereocenters. The van der Waals surface area contributed by atoms with Gasteiger partial charge in [0.05, 0.1) is 12.2 Å². The minimum absolute atomic E-state index is 0.0600. The molecule has 0 radical (unpaired) electrons. The minimum atomic E-state index is -2.60. The Kier molecular flexibility index (Phi) is 6.30. The molecule has 0 bridgehead atoms. The summed E-state index contributed by atoms with van der Waals surface area (Å²) in [4.78, 5) is 11.2. The maximum atomic E-state index is 11.2. The first-order valence-electron chi connectivity index (χ1n) is 9.83. The summed E-state index contributed by atoms with van der Waals surface area (Å²) in [5, 5.41) is 2.46. The van der Waals surface area contributed by atoms with Gasteiger partial charge in [0, 0.05) is 13.0 Å². The summed E-state index contributed by atoms with van der Waals surface area (Å²) in [7, 11) is -2.60. The van der Waals surface area contributed by atoms with E-state index < -0.39 is 8.32 Å². The largest absolute Gasteiger partial charge is 0.402 e. The summed E-state index contributed by atoms with van der Waals surface area (Å²) < 4.78 is 13.1. The van der Waals surface area contributed by atoms with Crippen molar-refractivity contribution >= 4 is 25.0 Å². The highest BCUT2D eigenvalue weighted by molar-refractivity contribution is 6.99. The second-order valence-electron chi connectivity index (χ2n) is 8.27. The van der Waals surface area contributed by atoms with Gasteiger partial charge in [0.15, 0.2) is 0 Å². The van der Waals surface area contributed by atoms with Gasteiger partial charge >= 0.3 is 0 Å². The Morgan fingerprint density at radius 1 is 1.04 bits per heavy atom. The third-order valence-corrected chi connectivity index (χ3v) is 10.5. The van der Waals surface area contributed by atoms with E-state index in [-0.39, 0.29) is 17.2 Å². The van der Waals surface area contributed by atoms with Crippen molar-refractivity contribution in [3.8, 4) is 0 Å². The molecule has 0 saturated carbocycles. The molecule has 3 rings (SSSR count). The van der Waals surface area contributed by atoms with E-state index >= 15 is 0 Å². The molecule has 2 aromatic rings. The average Bonchev–Trinajstić information content (AvgIpc) is 2.68. The average molecular weight is 383 g/mol. The number of rotatable bonds is 6. The number of carbonyl (C=O) groups excluding carboxylic acids is 1. The molecular weight excluding hydrogens is 352 g/mol. The van der Waals surface area contributed by atoms with Gasteiger partial charge in [-0.05, 0) is 28.3 Å². The normalized spacial score (nSPS) is 21.0. The molecule has 2 aromatic carbocycles. The molecule has 1 heterocycles. The van der Waals surface area contributed by atoms with Crippen LogP contribution in [0.2, 0.25) is 5.04 Å². The second kappa shape index (κ2) is 8.51. The molecule has 0 amide bonds. The van der Waals surface area contributed by atoms with Crippen LogP contribution in [0.1, 0.15) is 40.0 Å². The van der Waals surface area contributed by atoms with Crippen molar-refractivity contribution in [3.05, 3.63) is 60.7 Å². The van der Waals surface area contributed by atoms with E-state index in [1.54, 1.807) is 0 Å². The topological polar surface area (TPSA) is 35.5 Å². The Labute approximate surface area is 163 Å². The summed E-state index contributed by atoms with van der Waals surface area (Å²) in [6.45, 7) is 7.53. The van der Waals surface area contributed by atoms with E-state index in [1.807, 2.05) is 0 Å². The van der Waals surface area contributed by atoms with Gasteiger partial charge in [-0.1, -0.05) is 81.4 Å². The predicted molar refractivity (Wildman–Crippen MR) is 112 cm³/mol. The van der Waals surface area contributed by atoms with Crippen LogP contribution in [0.4, 0.5) is 0 Å². The number of carbonyl (C=O) groups is 1. The Bertz CT molecular complexity index is 685. The SMILES string of the molecule is CC(C)(C)[Si](O[C@H]1CCCO[C@@H]1CC=O)(c1ccccc1)c1ccccc1. The zero-order chi connectivity index (χ0) is 19.3. The molecule has 1 aliphatic heterocycles. The summed E-state index contributed by atoms with van der Waals surface area (Å²) in [6.07, 6.45) is 3.04. The molecule has 0 aliphatic carbocycles. The van der Waals surface area contributed by atoms with Crippen LogP contribution in [0.5, 0.6) is 0 Å². The molecule has 1 fully saturated rings. The monoisotopic (exact) mass is 382 g/mol. The summed E-state index contributed by atoms with van der Waals surface area (Å²) in [6, 6.07) is 21.3. The first-order chi connectivity index (χ1) is 13.0. The Morgan fingerprint density at radius 2 is 1.59 bits per heavy atom. The van der Waals surface area contributed by atoms with E-state index in [9.17, 15) is 4.79 Å². The molecule has 0 aromatic heterocycles. The molecule has 3 nitrogen and oxygen atoms in total. The van der Waals surface area contributed by atoms with Crippen molar-refractivity contribution < 1.29 is 14.0 Å². The van der Waals surface area contributed by atoms with Gasteiger partial charge in [-0.2, -0.15) is 0 Å². The fraction of sp³-hybridized carbons (Fsp3) is 0.435. The van der Waals surface area contributed by atoms with E-state index in [1.165, 1.54) is 10.4 Å². The molecule has 144 valence electrons. The van der Waals surface area contributed by atoms with Crippen molar-refractivity contribution in [2.24, 2.45) is 0 Å². The Balaban J connectivity index is 2.13. The van der Waals surface area contributed by atoms with Gasteiger partial charge in [0.25, 0.3) is 8.32 Å². The predicted octanol–water partition coefficient (Wildman–Crippen LogP) is 3.70. The number of hydrogen-bond acceptors (Lipinski definition) is 3. The smallest absolute Gasteiger partial charge is 0.261 e. The first-order valence-corrected chi connectivity index (χ1v) is 11.7. The fourth-order valence-electron chi connectivity index (χ4n) is 4.18. The maximum Gasteiger partial charge on any atom is 0.261 e. The van der Waals surface area contributed by atoms with Gasteiger partial charge in [-0.3, -0.25) is 0 Å². The molecule has 1 saturated heterocycles. The number of benzene rings is 2. The highest BCUT2D eigenvalue weighted by atomic mass is 28.4. The summed E-state index contributed by atoms with van der Waals surface area (Å²) in [5.41, 5.74) is 0. The highest BCUT2D eigenvalue weighted by Crippen LogP contribution is 2.39. The standard InChI is InChI=1S/C23H30O3Si/c1-23(2,3)27(19-11-6-4-7-12-19,20-13-8-5-9-14-20)26-22-15-10-18-25-21(22)16-17-24/h4-9,11-14,17,21-22H,10,15-16,18H2,1-3H3/t21-,22+/m1/s1. The van der Waals surface area contributed by atoms with Crippen LogP contribution in [0, 0.1) is 0 Å². The van der Waals surface area contributed by atoms with Crippen LogP contribution in [0.25, 0.3) is 0 Å². The van der Waals surface area contributed by atoms with Crippen LogP contribution in [0.3, 0.4) is 0 Å². The van der Waals surface area contributed by atoms with Crippen LogP contribution in [-0.4, -0.2) is 33.4 Å². The van der Waals surface area contributed by atoms with Crippen LogP contribution < -0.4 is 10.4 Å². The van der Waals surface area contributed by atoms with Gasteiger partial charge in [-0.25, -0.2) is 0 Å². The third kappa shape index (κ3) is 4.08. The minimum Gasteiger partial charge on any atom is -0.402 e. The molecular formula is C23H30O3Si. The number of hydrogen-bond donors (Lipinski definition) is 0. The van der Waals surface area contributed by atoms with Gasteiger partial charge in [0.1, 0.15) is 6.29 Å². The lowest BCUT2D eigenvalue weighted by molar-refractivity contribution is -0.116. The Hall–Kier alpha value is -1.75. The van der Waals surface area contributed by atoms with Gasteiger partial charge in [-0.15, -0.1) is 0 Å². The first kappa shape index (κ1) is 20.0. The number of ether oxygens (including phenoxy) is 1. The molecule has 1 aliphatic rings. The van der Waals surface area contributed by atoms with Gasteiger partial charge < -0.3 is 14.0 Å². The van der Waals surface area contributed by atoms with Crippen molar-refractivity contribution in [3.63, 3.8) is 0 Å². The molecule has 4 heteroatoms. The highest BCUT2D eigenvalue weighted by Gasteiger charge is 2.52. The van der Waals surface area contributed by atoms with E-state index in [0.29, 0.717) is 13.0 Å². The molecule has 2 atom stereocenters. The lowest BCUT2D eigenvalue weighted by Gasteiger charge is -2.47. The zero-order valence-corrected chi connectivity index (χ0v) is 17.6. The molecule has 0 spiro atoms. The van der Waals surface area contributed by atoms with Crippen LogP contribution in [0.15, 0.2) is 60.7 Å². The van der Waals surface area contributed by atoms with E-state index in [2.05, 4.69) is 81.4 Å². The van der Waals surface area contributed by atoms with Crippen molar-refractivity contribution in [1.82, 2.24) is 0 Å². The molecule has 27 heavy (non-hydrogen) atoms. The lowest BCUT2D eigenvalue weighted by atomic mass is 10.0. The number of aldehydes is 1. The quantitative estimate of drug-likeness (QED) is 0.564. The second-order valence-corrected chi connectivity index (χ2v) is 12.5. The van der Waals surface area contributed by atoms with Gasteiger partial charge in [0.2, 0.25) is 0 Å². The van der Waals surface area contributed by atoms with E-state index in [4.69, 9.17) is 9.16 Å². The molecule has 0 N–H and O–H groups in total. The van der Waals surface area contributed by atoms with Crippen molar-refractivity contribution in [2.75, 3.05) is 6.61 Å². The van der Waals surface area contributed by atoms with Crippen molar-refractivity contribution in [2.45, 2.75) is 57.3 Å². The summed E-state index contributed by atoms with van der Waals surface area (Å²) >= 11 is 0. The maximum absolute atomic E-state index is 11.2. The zero-order valence-electron chi connectivity index (χ0n) is 16.6. The fourth-order valence-corrected chi connectivity index (χ4v) is 8.92. The third-order valence-electron chi connectivity index (χ3n) is 5.45. The Morgan fingerprint density at radius 3 is 2.07 bits per heavy atom. The van der Waals surface area contributed by atoms with E-state index in [0.717, 1.165) is 19.1 Å². The van der Waals surface area contributed by atoms with Crippen LogP contribution >= 0.6 is 0 Å². The van der Waals surface area contributed by atoms with Crippen LogP contribution in [-0.2, 0) is 14.0 Å². The van der Waals surface area contributed by atoms with Crippen molar-refractivity contribution in [1.29, 1.82) is 0 Å². The summed E-state index contributed by atoms with van der Waals surface area (Å²) in [5.74, 6) is 0.